The third kappa shape index (κ3) is 3.28. The summed E-state index contributed by atoms with van der Waals surface area (Å²) in [6, 6.07) is 2.27. The highest BCUT2D eigenvalue weighted by Crippen LogP contribution is 2.28. The van der Waals surface area contributed by atoms with Gasteiger partial charge in [-0.05, 0) is 26.0 Å². The van der Waals surface area contributed by atoms with Crippen LogP contribution in [0.15, 0.2) is 30.7 Å². The zero-order valence-corrected chi connectivity index (χ0v) is 11.1. The smallest absolute Gasteiger partial charge is 0.377 e. The highest BCUT2D eigenvalue weighted by Gasteiger charge is 2.32. The first kappa shape index (κ1) is 14.4. The lowest BCUT2D eigenvalue weighted by Crippen LogP contribution is -2.10. The molecule has 1 N–H and O–H groups in total. The van der Waals surface area contributed by atoms with Gasteiger partial charge in [-0.1, -0.05) is 0 Å². The number of rotatable bonds is 4. The van der Waals surface area contributed by atoms with Gasteiger partial charge in [-0.15, -0.1) is 0 Å². The molecule has 1 atom stereocenters. The minimum absolute atomic E-state index is 0.0613. The van der Waals surface area contributed by atoms with Crippen LogP contribution in [0.25, 0.3) is 0 Å². The number of aryl methyl sites for hydroxylation is 1. The molecule has 4 nitrogen and oxygen atoms in total. The Labute approximate surface area is 114 Å². The van der Waals surface area contributed by atoms with Crippen molar-refractivity contribution in [1.82, 2.24) is 14.8 Å². The van der Waals surface area contributed by atoms with E-state index in [1.165, 1.54) is 12.3 Å². The van der Waals surface area contributed by atoms with Gasteiger partial charge < -0.3 is 5.32 Å². The molecule has 20 heavy (non-hydrogen) atoms. The van der Waals surface area contributed by atoms with Gasteiger partial charge in [-0.3, -0.25) is 4.68 Å². The number of alkyl halides is 3. The third-order valence-electron chi connectivity index (χ3n) is 2.91. The van der Waals surface area contributed by atoms with Crippen molar-refractivity contribution in [3.05, 3.63) is 42.0 Å². The Morgan fingerprint density at radius 3 is 2.55 bits per heavy atom. The van der Waals surface area contributed by atoms with E-state index in [9.17, 15) is 13.2 Å². The SMILES string of the molecule is CCn1cc(C(C)Nc2ccc(C(F)(F)F)nc2)cn1. The van der Waals surface area contributed by atoms with Crippen molar-refractivity contribution in [2.45, 2.75) is 32.6 Å². The number of halogens is 3. The Kier molecular flexibility index (Phi) is 3.96. The van der Waals surface area contributed by atoms with E-state index in [1.807, 2.05) is 20.0 Å². The number of hydrogen-bond acceptors (Lipinski definition) is 3. The lowest BCUT2D eigenvalue weighted by molar-refractivity contribution is -0.141. The second kappa shape index (κ2) is 5.52. The monoisotopic (exact) mass is 284 g/mol. The van der Waals surface area contributed by atoms with Crippen LogP contribution in [0.5, 0.6) is 0 Å². The fraction of sp³-hybridized carbons (Fsp3) is 0.385. The van der Waals surface area contributed by atoms with Gasteiger partial charge in [0.05, 0.1) is 24.1 Å². The molecule has 2 rings (SSSR count). The normalized spacial score (nSPS) is 13.2. The maximum absolute atomic E-state index is 12.4. The van der Waals surface area contributed by atoms with Crippen molar-refractivity contribution in [2.75, 3.05) is 5.32 Å². The molecule has 0 radical (unpaired) electrons. The van der Waals surface area contributed by atoms with Crippen LogP contribution in [0.1, 0.15) is 31.1 Å². The van der Waals surface area contributed by atoms with E-state index in [2.05, 4.69) is 15.4 Å². The molecule has 0 bridgehead atoms. The molecule has 0 aliphatic carbocycles. The number of nitrogens with one attached hydrogen (secondary N) is 1. The molecular weight excluding hydrogens is 269 g/mol. The average molecular weight is 284 g/mol. The van der Waals surface area contributed by atoms with E-state index in [4.69, 9.17) is 0 Å². The molecule has 0 aromatic carbocycles. The van der Waals surface area contributed by atoms with Crippen molar-refractivity contribution in [1.29, 1.82) is 0 Å². The zero-order valence-electron chi connectivity index (χ0n) is 11.1. The van der Waals surface area contributed by atoms with Crippen LogP contribution < -0.4 is 5.32 Å². The second-order valence-electron chi connectivity index (χ2n) is 4.43. The van der Waals surface area contributed by atoms with E-state index in [1.54, 1.807) is 10.9 Å². The Hall–Kier alpha value is -2.05. The molecule has 2 heterocycles. The molecule has 7 heteroatoms. The summed E-state index contributed by atoms with van der Waals surface area (Å²) in [5.74, 6) is 0. The maximum atomic E-state index is 12.4. The largest absolute Gasteiger partial charge is 0.433 e. The molecule has 0 spiro atoms. The van der Waals surface area contributed by atoms with Gasteiger partial charge in [-0.2, -0.15) is 18.3 Å². The molecule has 108 valence electrons. The second-order valence-corrected chi connectivity index (χ2v) is 4.43. The fourth-order valence-electron chi connectivity index (χ4n) is 1.76. The molecule has 0 amide bonds. The Balaban J connectivity index is 2.06. The van der Waals surface area contributed by atoms with Crippen LogP contribution in [0.2, 0.25) is 0 Å². The maximum Gasteiger partial charge on any atom is 0.433 e. The summed E-state index contributed by atoms with van der Waals surface area (Å²) >= 11 is 0. The highest BCUT2D eigenvalue weighted by molar-refractivity contribution is 5.43. The number of pyridine rings is 1. The summed E-state index contributed by atoms with van der Waals surface area (Å²) in [5, 5.41) is 7.25. The fourth-order valence-corrected chi connectivity index (χ4v) is 1.76. The zero-order chi connectivity index (χ0) is 14.8. The Morgan fingerprint density at radius 1 is 1.30 bits per heavy atom. The minimum atomic E-state index is -4.41. The van der Waals surface area contributed by atoms with E-state index < -0.39 is 11.9 Å². The molecule has 2 aromatic heterocycles. The van der Waals surface area contributed by atoms with Crippen molar-refractivity contribution in [3.63, 3.8) is 0 Å². The van der Waals surface area contributed by atoms with Crippen LogP contribution in [0.3, 0.4) is 0 Å². The van der Waals surface area contributed by atoms with Crippen molar-refractivity contribution < 1.29 is 13.2 Å². The topological polar surface area (TPSA) is 42.7 Å². The first-order valence-electron chi connectivity index (χ1n) is 6.22. The summed E-state index contributed by atoms with van der Waals surface area (Å²) in [6.07, 6.45) is 0.407. The first-order valence-corrected chi connectivity index (χ1v) is 6.22. The van der Waals surface area contributed by atoms with Crippen LogP contribution in [0, 0.1) is 0 Å². The van der Waals surface area contributed by atoms with Gasteiger partial charge in [0.15, 0.2) is 0 Å². The predicted octanol–water partition coefficient (Wildman–Crippen LogP) is 3.49. The van der Waals surface area contributed by atoms with E-state index in [0.29, 0.717) is 5.69 Å². The lowest BCUT2D eigenvalue weighted by Gasteiger charge is -2.14. The van der Waals surface area contributed by atoms with Gasteiger partial charge in [0.25, 0.3) is 0 Å². The predicted molar refractivity (Wildman–Crippen MR) is 69.2 cm³/mol. The van der Waals surface area contributed by atoms with Gasteiger partial charge in [0, 0.05) is 18.3 Å². The molecule has 0 saturated heterocycles. The summed E-state index contributed by atoms with van der Waals surface area (Å²) in [5.41, 5.74) is 0.607. The molecule has 0 saturated carbocycles. The highest BCUT2D eigenvalue weighted by atomic mass is 19.4. The summed E-state index contributed by atoms with van der Waals surface area (Å²) in [6.45, 7) is 4.66. The van der Waals surface area contributed by atoms with Crippen molar-refractivity contribution in [2.24, 2.45) is 0 Å². The number of nitrogens with zero attached hydrogens (tertiary/aromatic N) is 3. The van der Waals surface area contributed by atoms with Crippen LogP contribution in [0.4, 0.5) is 18.9 Å². The quantitative estimate of drug-likeness (QED) is 0.934. The molecule has 0 aliphatic rings. The molecule has 2 aromatic rings. The van der Waals surface area contributed by atoms with Crippen molar-refractivity contribution >= 4 is 5.69 Å². The van der Waals surface area contributed by atoms with E-state index in [-0.39, 0.29) is 6.04 Å². The van der Waals surface area contributed by atoms with E-state index >= 15 is 0 Å². The van der Waals surface area contributed by atoms with Crippen LogP contribution in [-0.4, -0.2) is 14.8 Å². The molecule has 0 aliphatic heterocycles. The van der Waals surface area contributed by atoms with Crippen LogP contribution >= 0.6 is 0 Å². The lowest BCUT2D eigenvalue weighted by atomic mass is 10.2. The Morgan fingerprint density at radius 2 is 2.05 bits per heavy atom. The van der Waals surface area contributed by atoms with Gasteiger partial charge in [-0.25, -0.2) is 4.98 Å². The first-order chi connectivity index (χ1) is 9.40. The van der Waals surface area contributed by atoms with Gasteiger partial charge in [0.2, 0.25) is 0 Å². The number of anilines is 1. The number of hydrogen-bond donors (Lipinski definition) is 1. The summed E-state index contributed by atoms with van der Waals surface area (Å²) < 4.78 is 39.0. The standard InChI is InChI=1S/C13H15F3N4/c1-3-20-8-10(6-18-20)9(2)19-11-4-5-12(17-7-11)13(14,15)16/h4-9,19H,3H2,1-2H3. The Bertz CT molecular complexity index is 560. The summed E-state index contributed by atoms with van der Waals surface area (Å²) in [4.78, 5) is 3.41. The van der Waals surface area contributed by atoms with Crippen LogP contribution in [-0.2, 0) is 12.7 Å². The molecule has 1 unspecified atom stereocenters. The third-order valence-corrected chi connectivity index (χ3v) is 2.91. The van der Waals surface area contributed by atoms with E-state index in [0.717, 1.165) is 18.2 Å². The van der Waals surface area contributed by atoms with Crippen molar-refractivity contribution in [3.8, 4) is 0 Å². The van der Waals surface area contributed by atoms with Gasteiger partial charge >= 0.3 is 6.18 Å². The number of aromatic nitrogens is 3. The summed E-state index contributed by atoms with van der Waals surface area (Å²) in [7, 11) is 0. The molecule has 0 fully saturated rings. The van der Waals surface area contributed by atoms with Gasteiger partial charge in [0.1, 0.15) is 5.69 Å². The minimum Gasteiger partial charge on any atom is -0.377 e. The average Bonchev–Trinajstić information content (AvgIpc) is 2.87. The molecular formula is C13H15F3N4.